The minimum atomic E-state index is -1.03. The van der Waals surface area contributed by atoms with Gasteiger partial charge in [-0.05, 0) is 116 Å². The summed E-state index contributed by atoms with van der Waals surface area (Å²) in [6.07, 6.45) is 14.8. The third-order valence-corrected chi connectivity index (χ3v) is 13.3. The van der Waals surface area contributed by atoms with Gasteiger partial charge in [-0.15, -0.1) is 0 Å². The van der Waals surface area contributed by atoms with Crippen molar-refractivity contribution in [2.45, 2.75) is 89.9 Å². The highest BCUT2D eigenvalue weighted by atomic mass is 16.5. The standard InChI is InChI=1S/C34H47NO4/c1-5-22-9-8-21(16-26(22)35-19-20(2)36)15-23-10-13-32-14-11-24-18-33(12-6-7-25(23)32)31(32,3)29(24)30-27(37)17-28(39-4)34(30,33)38/h6-9,16-17,20,23-25,28-30,35-38H,5,10-15,18-19H2,1-4H3/t20-,23-,24-,25-,28+,29-,30-,31+,32-,33-,34+/m0/s1. The average Bonchev–Trinajstić information content (AvgIpc) is 3.49. The summed E-state index contributed by atoms with van der Waals surface area (Å²) in [6.45, 7) is 7.10. The van der Waals surface area contributed by atoms with Crippen molar-refractivity contribution < 1.29 is 20.1 Å². The first-order valence-corrected chi connectivity index (χ1v) is 15.5. The molecule has 7 rings (SSSR count). The van der Waals surface area contributed by atoms with E-state index in [0.29, 0.717) is 36.0 Å². The van der Waals surface area contributed by atoms with Gasteiger partial charge >= 0.3 is 0 Å². The molecule has 0 amide bonds. The number of aliphatic hydroxyl groups is 3. The fourth-order valence-electron chi connectivity index (χ4n) is 12.0. The van der Waals surface area contributed by atoms with E-state index in [1.165, 1.54) is 36.8 Å². The fraction of sp³-hybridized carbons (Fsp3) is 0.706. The lowest BCUT2D eigenvalue weighted by molar-refractivity contribution is -0.189. The number of hydrogen-bond donors (Lipinski definition) is 4. The molecule has 0 aromatic heterocycles. The molecule has 6 aliphatic carbocycles. The van der Waals surface area contributed by atoms with Crippen LogP contribution >= 0.6 is 0 Å². The number of aliphatic hydroxyl groups excluding tert-OH is 2. The second-order valence-electron chi connectivity index (χ2n) is 14.3. The van der Waals surface area contributed by atoms with Crippen LogP contribution in [0.3, 0.4) is 0 Å². The van der Waals surface area contributed by atoms with Crippen molar-refractivity contribution in [1.82, 2.24) is 0 Å². The number of ether oxygens (including phenoxy) is 1. The number of nitrogens with one attached hydrogen (secondary N) is 1. The number of benzene rings is 1. The summed E-state index contributed by atoms with van der Waals surface area (Å²) in [5, 5.41) is 37.3. The van der Waals surface area contributed by atoms with Crippen LogP contribution in [0.15, 0.2) is 42.2 Å². The average molecular weight is 534 g/mol. The second kappa shape index (κ2) is 8.59. The zero-order chi connectivity index (χ0) is 27.4. The molecule has 1 aromatic carbocycles. The Labute approximate surface area is 233 Å². The molecule has 4 N–H and O–H groups in total. The van der Waals surface area contributed by atoms with E-state index in [0.717, 1.165) is 31.4 Å². The Morgan fingerprint density at radius 1 is 1.21 bits per heavy atom. The lowest BCUT2D eigenvalue weighted by atomic mass is 9.45. The van der Waals surface area contributed by atoms with E-state index in [9.17, 15) is 15.3 Å². The van der Waals surface area contributed by atoms with Crippen LogP contribution in [0.4, 0.5) is 5.69 Å². The van der Waals surface area contributed by atoms with E-state index in [-0.39, 0.29) is 28.3 Å². The van der Waals surface area contributed by atoms with Gasteiger partial charge in [0, 0.05) is 24.8 Å². The second-order valence-corrected chi connectivity index (χ2v) is 14.3. The molecular formula is C34H47NO4. The van der Waals surface area contributed by atoms with Crippen molar-refractivity contribution in [2.75, 3.05) is 19.0 Å². The Balaban J connectivity index is 1.25. The van der Waals surface area contributed by atoms with Crippen LogP contribution < -0.4 is 5.32 Å². The topological polar surface area (TPSA) is 82.0 Å². The molecule has 5 heteroatoms. The Morgan fingerprint density at radius 3 is 2.74 bits per heavy atom. The van der Waals surface area contributed by atoms with Gasteiger partial charge in [-0.2, -0.15) is 0 Å². The summed E-state index contributed by atoms with van der Waals surface area (Å²) in [6, 6.07) is 6.91. The maximum absolute atomic E-state index is 12.7. The lowest BCUT2D eigenvalue weighted by Gasteiger charge is -2.58. The summed E-state index contributed by atoms with van der Waals surface area (Å²) >= 11 is 0. The lowest BCUT2D eigenvalue weighted by Crippen LogP contribution is -2.60. The minimum absolute atomic E-state index is 0.0275. The quantitative estimate of drug-likeness (QED) is 0.333. The minimum Gasteiger partial charge on any atom is -0.512 e. The van der Waals surface area contributed by atoms with Crippen LogP contribution in [0.5, 0.6) is 0 Å². The van der Waals surface area contributed by atoms with Gasteiger partial charge in [-0.25, -0.2) is 0 Å². The highest BCUT2D eigenvalue weighted by Gasteiger charge is 2.88. The molecule has 0 aliphatic heterocycles. The summed E-state index contributed by atoms with van der Waals surface area (Å²) in [5.74, 6) is 2.13. The third-order valence-electron chi connectivity index (χ3n) is 13.3. The van der Waals surface area contributed by atoms with Gasteiger partial charge < -0.3 is 25.4 Å². The Morgan fingerprint density at radius 2 is 2.00 bits per heavy atom. The van der Waals surface area contributed by atoms with E-state index in [1.54, 1.807) is 7.11 Å². The molecule has 0 heterocycles. The number of allylic oxidation sites excluding steroid dienone is 2. The maximum Gasteiger partial charge on any atom is 0.111 e. The number of hydrogen-bond acceptors (Lipinski definition) is 5. The molecule has 5 nitrogen and oxygen atoms in total. The molecule has 0 unspecified atom stereocenters. The van der Waals surface area contributed by atoms with Crippen LogP contribution in [-0.4, -0.2) is 46.8 Å². The first kappa shape index (κ1) is 26.1. The number of methoxy groups -OCH3 is 1. The van der Waals surface area contributed by atoms with E-state index < -0.39 is 11.7 Å². The zero-order valence-electron chi connectivity index (χ0n) is 24.1. The summed E-state index contributed by atoms with van der Waals surface area (Å²) in [5.41, 5.74) is 2.66. The maximum atomic E-state index is 12.7. The van der Waals surface area contributed by atoms with Crippen molar-refractivity contribution in [2.24, 2.45) is 45.8 Å². The molecule has 6 aliphatic rings. The highest BCUT2D eigenvalue weighted by molar-refractivity contribution is 5.54. The van der Waals surface area contributed by atoms with Gasteiger partial charge in [0.2, 0.25) is 0 Å². The van der Waals surface area contributed by atoms with Crippen LogP contribution in [0.25, 0.3) is 0 Å². The van der Waals surface area contributed by atoms with Gasteiger partial charge in [-0.1, -0.05) is 38.1 Å². The van der Waals surface area contributed by atoms with Gasteiger partial charge in [0.1, 0.15) is 11.7 Å². The van der Waals surface area contributed by atoms with Crippen LogP contribution in [-0.2, 0) is 17.6 Å². The SMILES string of the molecule is CCc1ccc(C[C@@H]2CC[C@]34CC[C@H]5C[C@]6(CC=C[C@@H]23)[C@@]2(O)[C@H](OC)C=C(O)[C@H]2[C@H]5[C@]46C)cc1NC[C@H](C)O. The molecule has 212 valence electrons. The molecule has 1 spiro atoms. The van der Waals surface area contributed by atoms with E-state index >= 15 is 0 Å². The first-order chi connectivity index (χ1) is 18.7. The largest absolute Gasteiger partial charge is 0.512 e. The first-order valence-electron chi connectivity index (χ1n) is 15.5. The van der Waals surface area contributed by atoms with Gasteiger partial charge in [0.05, 0.1) is 17.8 Å². The van der Waals surface area contributed by atoms with E-state index in [4.69, 9.17) is 4.74 Å². The monoisotopic (exact) mass is 533 g/mol. The Hall–Kier alpha value is -1.82. The summed E-state index contributed by atoms with van der Waals surface area (Å²) in [7, 11) is 1.69. The van der Waals surface area contributed by atoms with Crippen LogP contribution in [0.2, 0.25) is 0 Å². The number of rotatable bonds is 7. The van der Waals surface area contributed by atoms with Crippen molar-refractivity contribution in [3.8, 4) is 0 Å². The van der Waals surface area contributed by atoms with Crippen molar-refractivity contribution in [3.63, 3.8) is 0 Å². The molecule has 39 heavy (non-hydrogen) atoms. The third kappa shape index (κ3) is 2.98. The molecule has 4 bridgehead atoms. The van der Waals surface area contributed by atoms with Crippen LogP contribution in [0.1, 0.15) is 70.4 Å². The molecule has 11 atom stereocenters. The van der Waals surface area contributed by atoms with E-state index in [1.807, 2.05) is 13.0 Å². The van der Waals surface area contributed by atoms with Crippen LogP contribution in [0, 0.1) is 45.8 Å². The van der Waals surface area contributed by atoms with Crippen molar-refractivity contribution in [3.05, 3.63) is 53.3 Å². The predicted octanol–water partition coefficient (Wildman–Crippen LogP) is 5.81. The summed E-state index contributed by atoms with van der Waals surface area (Å²) < 4.78 is 5.91. The molecular weight excluding hydrogens is 486 g/mol. The number of fused-ring (bicyclic) bond motifs is 1. The smallest absolute Gasteiger partial charge is 0.111 e. The number of anilines is 1. The van der Waals surface area contributed by atoms with Crippen molar-refractivity contribution in [1.29, 1.82) is 0 Å². The van der Waals surface area contributed by atoms with Crippen molar-refractivity contribution >= 4 is 5.69 Å². The van der Waals surface area contributed by atoms with Gasteiger partial charge in [0.25, 0.3) is 0 Å². The summed E-state index contributed by atoms with van der Waals surface area (Å²) in [4.78, 5) is 0. The Kier molecular flexibility index (Phi) is 5.75. The fourth-order valence-corrected chi connectivity index (χ4v) is 12.0. The normalized spacial score (nSPS) is 47.5. The Bertz CT molecular complexity index is 1220. The number of aryl methyl sites for hydroxylation is 1. The highest BCUT2D eigenvalue weighted by Crippen LogP contribution is 2.88. The predicted molar refractivity (Wildman–Crippen MR) is 153 cm³/mol. The van der Waals surface area contributed by atoms with Gasteiger partial charge in [-0.3, -0.25) is 0 Å². The van der Waals surface area contributed by atoms with E-state index in [2.05, 4.69) is 49.5 Å². The zero-order valence-corrected chi connectivity index (χ0v) is 24.1. The molecule has 4 saturated carbocycles. The molecule has 0 saturated heterocycles. The molecule has 0 radical (unpaired) electrons. The molecule has 4 fully saturated rings. The molecule has 1 aromatic rings. The van der Waals surface area contributed by atoms with Gasteiger partial charge in [0.15, 0.2) is 0 Å².